The van der Waals surface area contributed by atoms with Crippen LogP contribution in [-0.4, -0.2) is 48.9 Å². The topological polar surface area (TPSA) is 114 Å². The summed E-state index contributed by atoms with van der Waals surface area (Å²) in [7, 11) is 0. The number of nitrogens with zero attached hydrogens (tertiary/aromatic N) is 7. The van der Waals surface area contributed by atoms with Crippen LogP contribution in [0.15, 0.2) is 16.7 Å². The number of hydrogen-bond acceptors (Lipinski definition) is 8. The van der Waals surface area contributed by atoms with E-state index < -0.39 is 12.0 Å². The van der Waals surface area contributed by atoms with E-state index in [1.165, 1.54) is 6.07 Å². The van der Waals surface area contributed by atoms with Gasteiger partial charge in [0.15, 0.2) is 11.5 Å². The third-order valence-corrected chi connectivity index (χ3v) is 5.27. The Bertz CT molecular complexity index is 1070. The minimum absolute atomic E-state index is 0.0210. The minimum atomic E-state index is -4.65. The van der Waals surface area contributed by atoms with Crippen molar-refractivity contribution in [3.63, 3.8) is 0 Å². The van der Waals surface area contributed by atoms with Gasteiger partial charge in [-0.05, 0) is 31.4 Å². The Kier molecular flexibility index (Phi) is 5.50. The lowest BCUT2D eigenvalue weighted by Gasteiger charge is -2.32. The molecule has 0 aliphatic carbocycles. The van der Waals surface area contributed by atoms with E-state index in [0.29, 0.717) is 54.4 Å². The Morgan fingerprint density at radius 2 is 2.03 bits per heavy atom. The SMILES string of the molecule is CC[C@@H](NC(=O)C1CCN(c2ccc3nnc(C(F)(F)F)n3n2)CC1)c1noc(C)n1. The van der Waals surface area contributed by atoms with Gasteiger partial charge in [0.2, 0.25) is 11.8 Å². The van der Waals surface area contributed by atoms with Gasteiger partial charge in [-0.3, -0.25) is 4.79 Å². The van der Waals surface area contributed by atoms with Crippen molar-refractivity contribution in [3.8, 4) is 0 Å². The number of carbonyl (C=O) groups excluding carboxylic acids is 1. The van der Waals surface area contributed by atoms with Crippen molar-refractivity contribution in [1.82, 2.24) is 35.3 Å². The summed E-state index contributed by atoms with van der Waals surface area (Å²) in [5.41, 5.74) is 0.0210. The van der Waals surface area contributed by atoms with Crippen LogP contribution in [0.4, 0.5) is 19.0 Å². The predicted octanol–water partition coefficient (Wildman–Crippen LogP) is 2.32. The second kappa shape index (κ2) is 8.12. The number of halogens is 3. The standard InChI is InChI=1S/C18H21F3N8O2/c1-3-12(15-22-10(2)31-27-15)23-16(30)11-6-8-28(9-7-11)14-5-4-13-24-25-17(18(19,20)21)29(13)26-14/h4-5,11-12H,3,6-9H2,1-2H3,(H,23,30)/t12-/m1/s1. The van der Waals surface area contributed by atoms with Crippen molar-refractivity contribution >= 4 is 17.4 Å². The molecule has 3 aromatic heterocycles. The second-order valence-corrected chi connectivity index (χ2v) is 7.39. The summed E-state index contributed by atoms with van der Waals surface area (Å²) in [6.07, 6.45) is -2.94. The molecule has 1 aliphatic rings. The molecule has 4 heterocycles. The number of anilines is 1. The van der Waals surface area contributed by atoms with Gasteiger partial charge in [0.05, 0.1) is 6.04 Å². The zero-order valence-corrected chi connectivity index (χ0v) is 16.9. The molecule has 0 bridgehead atoms. The highest BCUT2D eigenvalue weighted by Crippen LogP contribution is 2.29. The van der Waals surface area contributed by atoms with E-state index in [-0.39, 0.29) is 23.5 Å². The lowest BCUT2D eigenvalue weighted by atomic mass is 9.95. The molecule has 1 N–H and O–H groups in total. The first-order chi connectivity index (χ1) is 14.8. The monoisotopic (exact) mass is 438 g/mol. The molecule has 1 amide bonds. The van der Waals surface area contributed by atoms with Crippen molar-refractivity contribution in [1.29, 1.82) is 0 Å². The third kappa shape index (κ3) is 4.30. The quantitative estimate of drug-likeness (QED) is 0.646. The smallest absolute Gasteiger partial charge is 0.355 e. The third-order valence-electron chi connectivity index (χ3n) is 5.27. The summed E-state index contributed by atoms with van der Waals surface area (Å²) in [4.78, 5) is 18.7. The van der Waals surface area contributed by atoms with E-state index in [0.717, 1.165) is 0 Å². The number of hydrogen-bond donors (Lipinski definition) is 1. The van der Waals surface area contributed by atoms with E-state index in [1.54, 1.807) is 13.0 Å². The van der Waals surface area contributed by atoms with Crippen molar-refractivity contribution < 1.29 is 22.5 Å². The van der Waals surface area contributed by atoms with Crippen LogP contribution in [0.1, 0.15) is 49.8 Å². The molecule has 10 nitrogen and oxygen atoms in total. The normalized spacial score (nSPS) is 16.6. The van der Waals surface area contributed by atoms with Crippen LogP contribution < -0.4 is 10.2 Å². The van der Waals surface area contributed by atoms with Gasteiger partial charge in [-0.1, -0.05) is 12.1 Å². The maximum Gasteiger partial charge on any atom is 0.453 e. The number of nitrogens with one attached hydrogen (secondary N) is 1. The van der Waals surface area contributed by atoms with Gasteiger partial charge < -0.3 is 14.7 Å². The second-order valence-electron chi connectivity index (χ2n) is 7.39. The van der Waals surface area contributed by atoms with Gasteiger partial charge in [-0.2, -0.15) is 22.7 Å². The summed E-state index contributed by atoms with van der Waals surface area (Å²) in [6.45, 7) is 4.57. The number of amides is 1. The van der Waals surface area contributed by atoms with E-state index in [4.69, 9.17) is 4.52 Å². The molecule has 0 radical (unpaired) electrons. The molecule has 13 heteroatoms. The first-order valence-corrected chi connectivity index (χ1v) is 9.91. The minimum Gasteiger partial charge on any atom is -0.355 e. The molecule has 0 unspecified atom stereocenters. The molecule has 1 fully saturated rings. The average molecular weight is 438 g/mol. The average Bonchev–Trinajstić information content (AvgIpc) is 3.37. The molecule has 0 spiro atoms. The maximum atomic E-state index is 13.1. The van der Waals surface area contributed by atoms with Crippen LogP contribution in [0.5, 0.6) is 0 Å². The highest BCUT2D eigenvalue weighted by molar-refractivity contribution is 5.79. The summed E-state index contributed by atoms with van der Waals surface area (Å²) in [5.74, 6) is -0.232. The summed E-state index contributed by atoms with van der Waals surface area (Å²) in [5, 5.41) is 17.6. The Hall–Kier alpha value is -3.25. The zero-order chi connectivity index (χ0) is 22.2. The van der Waals surface area contributed by atoms with Crippen molar-refractivity contribution in [2.75, 3.05) is 18.0 Å². The van der Waals surface area contributed by atoms with Crippen molar-refractivity contribution in [2.24, 2.45) is 5.92 Å². The molecule has 4 rings (SSSR count). The molecule has 1 saturated heterocycles. The molecular weight excluding hydrogens is 417 g/mol. The van der Waals surface area contributed by atoms with Crippen molar-refractivity contribution in [2.45, 2.75) is 45.3 Å². The number of alkyl halides is 3. The fourth-order valence-corrected chi connectivity index (χ4v) is 3.59. The summed E-state index contributed by atoms with van der Waals surface area (Å²) >= 11 is 0. The number of aryl methyl sites for hydroxylation is 1. The molecule has 0 aromatic carbocycles. The Labute approximate surface area is 174 Å². The van der Waals surface area contributed by atoms with Crippen LogP contribution in [0.25, 0.3) is 5.65 Å². The number of rotatable bonds is 5. The van der Waals surface area contributed by atoms with Gasteiger partial charge in [0, 0.05) is 25.9 Å². The van der Waals surface area contributed by atoms with E-state index >= 15 is 0 Å². The Morgan fingerprint density at radius 1 is 1.29 bits per heavy atom. The van der Waals surface area contributed by atoms with Crippen LogP contribution in [0.3, 0.4) is 0 Å². The van der Waals surface area contributed by atoms with Gasteiger partial charge in [-0.25, -0.2) is 0 Å². The van der Waals surface area contributed by atoms with E-state index in [1.807, 2.05) is 11.8 Å². The van der Waals surface area contributed by atoms with Crippen LogP contribution >= 0.6 is 0 Å². The number of piperidine rings is 1. The van der Waals surface area contributed by atoms with Gasteiger partial charge in [0.1, 0.15) is 5.82 Å². The highest BCUT2D eigenvalue weighted by Gasteiger charge is 2.38. The first-order valence-electron chi connectivity index (χ1n) is 9.91. The molecule has 0 saturated carbocycles. The van der Waals surface area contributed by atoms with Crippen LogP contribution in [0, 0.1) is 12.8 Å². The maximum absolute atomic E-state index is 13.1. The predicted molar refractivity (Wildman–Crippen MR) is 101 cm³/mol. The van der Waals surface area contributed by atoms with Crippen molar-refractivity contribution in [3.05, 3.63) is 29.7 Å². The lowest BCUT2D eigenvalue weighted by molar-refractivity contribution is -0.146. The molecule has 31 heavy (non-hydrogen) atoms. The molecule has 1 aliphatic heterocycles. The fraction of sp³-hybridized carbons (Fsp3) is 0.556. The molecular formula is C18H21F3N8O2. The van der Waals surface area contributed by atoms with Gasteiger partial charge in [-0.15, -0.1) is 15.3 Å². The lowest BCUT2D eigenvalue weighted by Crippen LogP contribution is -2.42. The number of fused-ring (bicyclic) bond motifs is 1. The number of aromatic nitrogens is 6. The van der Waals surface area contributed by atoms with Crippen LogP contribution in [0.2, 0.25) is 0 Å². The number of carbonyl (C=O) groups is 1. The summed E-state index contributed by atoms with van der Waals surface area (Å²) < 4.78 is 44.9. The van der Waals surface area contributed by atoms with E-state index in [9.17, 15) is 18.0 Å². The molecule has 166 valence electrons. The largest absolute Gasteiger partial charge is 0.453 e. The Balaban J connectivity index is 1.41. The van der Waals surface area contributed by atoms with E-state index in [2.05, 4.69) is 30.8 Å². The van der Waals surface area contributed by atoms with Gasteiger partial charge >= 0.3 is 6.18 Å². The highest BCUT2D eigenvalue weighted by atomic mass is 19.4. The Morgan fingerprint density at radius 3 is 2.65 bits per heavy atom. The molecule has 3 aromatic rings. The fourth-order valence-electron chi connectivity index (χ4n) is 3.59. The zero-order valence-electron chi connectivity index (χ0n) is 16.9. The van der Waals surface area contributed by atoms with Gasteiger partial charge in [0.25, 0.3) is 5.82 Å². The summed E-state index contributed by atoms with van der Waals surface area (Å²) in [6, 6.07) is 2.72. The first kappa shape index (κ1) is 21.0. The molecule has 1 atom stereocenters. The van der Waals surface area contributed by atoms with Crippen LogP contribution in [-0.2, 0) is 11.0 Å².